The molecular weight excluding hydrogens is 342 g/mol. The number of halogens is 1. The normalized spacial score (nSPS) is 11.9. The van der Waals surface area contributed by atoms with Gasteiger partial charge in [0.1, 0.15) is 4.90 Å². The van der Waals surface area contributed by atoms with Crippen LogP contribution in [-0.2, 0) is 23.2 Å². The van der Waals surface area contributed by atoms with E-state index in [0.29, 0.717) is 8.66 Å². The highest BCUT2D eigenvalue weighted by molar-refractivity contribution is 9.11. The Balaban J connectivity index is 2.17. The van der Waals surface area contributed by atoms with Gasteiger partial charge in [-0.2, -0.15) is 0 Å². The Morgan fingerprint density at radius 1 is 1.50 bits per heavy atom. The fourth-order valence-electron chi connectivity index (χ4n) is 1.31. The van der Waals surface area contributed by atoms with Crippen LogP contribution < -0.4 is 4.72 Å². The van der Waals surface area contributed by atoms with Gasteiger partial charge in [-0.25, -0.2) is 13.1 Å². The molecule has 0 unspecified atom stereocenters. The van der Waals surface area contributed by atoms with Crippen LogP contribution in [-0.4, -0.2) is 13.5 Å². The van der Waals surface area contributed by atoms with Crippen LogP contribution in [0.15, 0.2) is 37.8 Å². The van der Waals surface area contributed by atoms with E-state index in [1.54, 1.807) is 6.07 Å². The summed E-state index contributed by atoms with van der Waals surface area (Å²) in [7, 11) is -3.60. The molecule has 2 rings (SSSR count). The van der Waals surface area contributed by atoms with Gasteiger partial charge in [0.05, 0.1) is 22.9 Å². The molecule has 0 radical (unpaired) electrons. The number of aliphatic hydroxyl groups is 1. The zero-order chi connectivity index (χ0) is 13.2. The van der Waals surface area contributed by atoms with Gasteiger partial charge in [-0.15, -0.1) is 11.3 Å². The van der Waals surface area contributed by atoms with Gasteiger partial charge in [0.2, 0.25) is 10.0 Å². The highest BCUT2D eigenvalue weighted by atomic mass is 79.9. The Morgan fingerprint density at radius 2 is 2.28 bits per heavy atom. The minimum absolute atomic E-state index is 0.139. The van der Waals surface area contributed by atoms with E-state index < -0.39 is 10.0 Å². The molecule has 0 atom stereocenters. The summed E-state index contributed by atoms with van der Waals surface area (Å²) in [5, 5.41) is 8.98. The summed E-state index contributed by atoms with van der Waals surface area (Å²) in [5.41, 5.74) is 0.743. The first-order chi connectivity index (χ1) is 8.53. The first kappa shape index (κ1) is 13.8. The first-order valence-corrected chi connectivity index (χ1v) is 8.02. The van der Waals surface area contributed by atoms with Crippen molar-refractivity contribution in [1.29, 1.82) is 0 Å². The monoisotopic (exact) mass is 351 g/mol. The smallest absolute Gasteiger partial charge is 0.242 e. The second-order valence-electron chi connectivity index (χ2n) is 3.46. The number of nitrogens with one attached hydrogen (secondary N) is 1. The van der Waals surface area contributed by atoms with Crippen molar-refractivity contribution in [3.05, 3.63) is 38.9 Å². The van der Waals surface area contributed by atoms with Crippen molar-refractivity contribution in [2.45, 2.75) is 18.0 Å². The first-order valence-electron chi connectivity index (χ1n) is 4.93. The minimum atomic E-state index is -3.60. The number of sulfonamides is 1. The van der Waals surface area contributed by atoms with Crippen molar-refractivity contribution in [2.24, 2.45) is 0 Å². The third-order valence-electron chi connectivity index (χ3n) is 2.20. The van der Waals surface area contributed by atoms with Gasteiger partial charge in [-0.05, 0) is 28.1 Å². The minimum Gasteiger partial charge on any atom is -0.472 e. The van der Waals surface area contributed by atoms with E-state index in [-0.39, 0.29) is 18.0 Å². The van der Waals surface area contributed by atoms with Crippen LogP contribution in [0.4, 0.5) is 0 Å². The Bertz CT molecular complexity index is 618. The van der Waals surface area contributed by atoms with Crippen molar-refractivity contribution in [1.82, 2.24) is 4.72 Å². The number of furan rings is 1. The molecule has 2 aromatic rings. The van der Waals surface area contributed by atoms with Crippen LogP contribution in [0, 0.1) is 0 Å². The lowest BCUT2D eigenvalue weighted by atomic mass is 10.4. The topological polar surface area (TPSA) is 79.5 Å². The number of rotatable bonds is 5. The Hall–Kier alpha value is -0.670. The maximum Gasteiger partial charge on any atom is 0.242 e. The summed E-state index contributed by atoms with van der Waals surface area (Å²) in [6.07, 6.45) is 2.96. The Morgan fingerprint density at radius 3 is 2.83 bits per heavy atom. The molecule has 0 saturated carbocycles. The van der Waals surface area contributed by atoms with Crippen molar-refractivity contribution in [2.75, 3.05) is 0 Å². The molecule has 0 spiro atoms. The molecule has 0 aliphatic rings. The highest BCUT2D eigenvalue weighted by Crippen LogP contribution is 2.31. The standard InChI is InChI=1S/C10H10BrNO4S2/c11-10-9(3-8(5-13)17-10)18(14,15)12-4-7-1-2-16-6-7/h1-3,6,12-13H,4-5H2. The zero-order valence-electron chi connectivity index (χ0n) is 9.09. The van der Waals surface area contributed by atoms with Crippen LogP contribution in [0.5, 0.6) is 0 Å². The predicted molar refractivity (Wildman–Crippen MR) is 70.7 cm³/mol. The molecule has 8 heteroatoms. The van der Waals surface area contributed by atoms with Crippen molar-refractivity contribution < 1.29 is 17.9 Å². The predicted octanol–water partition coefficient (Wildman–Crippen LogP) is 2.07. The van der Waals surface area contributed by atoms with Gasteiger partial charge in [-0.3, -0.25) is 0 Å². The van der Waals surface area contributed by atoms with E-state index in [4.69, 9.17) is 9.52 Å². The van der Waals surface area contributed by atoms with Gasteiger partial charge in [-0.1, -0.05) is 0 Å². The maximum atomic E-state index is 12.0. The average molecular weight is 352 g/mol. The Kier molecular flexibility index (Phi) is 4.23. The fourth-order valence-corrected chi connectivity index (χ4v) is 4.87. The molecule has 0 bridgehead atoms. The number of aliphatic hydroxyl groups excluding tert-OH is 1. The number of hydrogen-bond acceptors (Lipinski definition) is 5. The van der Waals surface area contributed by atoms with Crippen LogP contribution in [0.1, 0.15) is 10.4 Å². The molecule has 0 saturated heterocycles. The number of hydrogen-bond donors (Lipinski definition) is 2. The summed E-state index contributed by atoms with van der Waals surface area (Å²) in [6, 6.07) is 3.14. The van der Waals surface area contributed by atoms with Crippen molar-refractivity contribution >= 4 is 37.3 Å². The third-order valence-corrected chi connectivity index (χ3v) is 5.84. The SMILES string of the molecule is O=S(=O)(NCc1ccoc1)c1cc(CO)sc1Br. The van der Waals surface area contributed by atoms with Gasteiger partial charge >= 0.3 is 0 Å². The Labute approximate surface area is 117 Å². The van der Waals surface area contributed by atoms with E-state index in [2.05, 4.69) is 20.7 Å². The lowest BCUT2D eigenvalue weighted by Gasteiger charge is -2.03. The lowest BCUT2D eigenvalue weighted by Crippen LogP contribution is -2.22. The van der Waals surface area contributed by atoms with Crippen molar-refractivity contribution in [3.63, 3.8) is 0 Å². The molecule has 2 aromatic heterocycles. The molecule has 0 aromatic carbocycles. The van der Waals surface area contributed by atoms with E-state index in [9.17, 15) is 8.42 Å². The molecule has 0 fully saturated rings. The zero-order valence-corrected chi connectivity index (χ0v) is 12.3. The van der Waals surface area contributed by atoms with Gasteiger partial charge < -0.3 is 9.52 Å². The molecule has 2 heterocycles. The summed E-state index contributed by atoms with van der Waals surface area (Å²) in [6.45, 7) is -0.0178. The second kappa shape index (κ2) is 5.54. The van der Waals surface area contributed by atoms with E-state index in [0.717, 1.165) is 5.56 Å². The molecule has 5 nitrogen and oxygen atoms in total. The van der Waals surface area contributed by atoms with Gasteiger partial charge in [0, 0.05) is 17.0 Å². The maximum absolute atomic E-state index is 12.0. The van der Waals surface area contributed by atoms with Crippen LogP contribution >= 0.6 is 27.3 Å². The molecule has 2 N–H and O–H groups in total. The third kappa shape index (κ3) is 3.01. The summed E-state index contributed by atoms with van der Waals surface area (Å²) >= 11 is 4.38. The molecule has 0 amide bonds. The summed E-state index contributed by atoms with van der Waals surface area (Å²) in [4.78, 5) is 0.727. The average Bonchev–Trinajstić information content (AvgIpc) is 2.95. The van der Waals surface area contributed by atoms with Gasteiger partial charge in [0.15, 0.2) is 0 Å². The lowest BCUT2D eigenvalue weighted by molar-refractivity contribution is 0.285. The van der Waals surface area contributed by atoms with Gasteiger partial charge in [0.25, 0.3) is 0 Å². The quantitative estimate of drug-likeness (QED) is 0.864. The fraction of sp³-hybridized carbons (Fsp3) is 0.200. The van der Waals surface area contributed by atoms with E-state index in [1.165, 1.54) is 29.9 Å². The summed E-state index contributed by atoms with van der Waals surface area (Å²) < 4.78 is 31.9. The van der Waals surface area contributed by atoms with Crippen LogP contribution in [0.25, 0.3) is 0 Å². The number of thiophene rings is 1. The van der Waals surface area contributed by atoms with E-state index >= 15 is 0 Å². The second-order valence-corrected chi connectivity index (χ2v) is 7.65. The summed E-state index contributed by atoms with van der Waals surface area (Å²) in [5.74, 6) is 0. The molecule has 0 aliphatic heterocycles. The van der Waals surface area contributed by atoms with Crippen LogP contribution in [0.2, 0.25) is 0 Å². The van der Waals surface area contributed by atoms with E-state index in [1.807, 2.05) is 0 Å². The molecule has 98 valence electrons. The van der Waals surface area contributed by atoms with Crippen LogP contribution in [0.3, 0.4) is 0 Å². The highest BCUT2D eigenvalue weighted by Gasteiger charge is 2.20. The molecule has 0 aliphatic carbocycles. The molecule has 18 heavy (non-hydrogen) atoms. The van der Waals surface area contributed by atoms with Crippen molar-refractivity contribution in [3.8, 4) is 0 Å². The molecular formula is C10H10BrNO4S2. The largest absolute Gasteiger partial charge is 0.472 e.